The SMILES string of the molecule is CN(CCCC1CC(c2ccccc2)NN1)C(=O)C1CNC1. The molecule has 0 spiro atoms. The highest BCUT2D eigenvalue weighted by Crippen LogP contribution is 2.23. The molecule has 1 aromatic rings. The molecule has 2 atom stereocenters. The third-order valence-corrected chi connectivity index (χ3v) is 4.74. The molecule has 2 fully saturated rings. The number of benzene rings is 1. The van der Waals surface area contributed by atoms with Gasteiger partial charge in [0.1, 0.15) is 0 Å². The van der Waals surface area contributed by atoms with Crippen LogP contribution in [0, 0.1) is 5.92 Å². The summed E-state index contributed by atoms with van der Waals surface area (Å²) in [6.45, 7) is 2.54. The van der Waals surface area contributed by atoms with E-state index >= 15 is 0 Å². The Kier molecular flexibility index (Phi) is 5.08. The number of rotatable bonds is 6. The molecule has 0 bridgehead atoms. The molecule has 2 heterocycles. The van der Waals surface area contributed by atoms with Gasteiger partial charge in [0, 0.05) is 38.8 Å². The predicted molar refractivity (Wildman–Crippen MR) is 87.1 cm³/mol. The number of hydrogen-bond acceptors (Lipinski definition) is 4. The molecule has 1 amide bonds. The summed E-state index contributed by atoms with van der Waals surface area (Å²) in [5.41, 5.74) is 8.11. The zero-order chi connectivity index (χ0) is 15.4. The van der Waals surface area contributed by atoms with Crippen molar-refractivity contribution in [3.8, 4) is 0 Å². The van der Waals surface area contributed by atoms with E-state index in [1.165, 1.54) is 5.56 Å². The van der Waals surface area contributed by atoms with Crippen molar-refractivity contribution < 1.29 is 4.79 Å². The minimum atomic E-state index is 0.207. The molecule has 1 aromatic carbocycles. The zero-order valence-electron chi connectivity index (χ0n) is 13.2. The van der Waals surface area contributed by atoms with Crippen molar-refractivity contribution in [1.29, 1.82) is 0 Å². The van der Waals surface area contributed by atoms with Crippen molar-refractivity contribution >= 4 is 5.91 Å². The monoisotopic (exact) mass is 302 g/mol. The summed E-state index contributed by atoms with van der Waals surface area (Å²) in [5.74, 6) is 0.497. The second-order valence-corrected chi connectivity index (χ2v) is 6.44. The highest BCUT2D eigenvalue weighted by atomic mass is 16.2. The Labute approximate surface area is 132 Å². The van der Waals surface area contributed by atoms with E-state index in [0.717, 1.165) is 38.9 Å². The molecule has 3 N–H and O–H groups in total. The maximum Gasteiger partial charge on any atom is 0.227 e. The van der Waals surface area contributed by atoms with E-state index in [0.29, 0.717) is 18.0 Å². The van der Waals surface area contributed by atoms with E-state index in [2.05, 4.69) is 40.4 Å². The Morgan fingerprint density at radius 2 is 2.00 bits per heavy atom. The molecule has 2 aliphatic heterocycles. The second-order valence-electron chi connectivity index (χ2n) is 6.44. The average Bonchev–Trinajstić information content (AvgIpc) is 2.95. The molecule has 0 aromatic heterocycles. The van der Waals surface area contributed by atoms with E-state index in [-0.39, 0.29) is 5.92 Å². The van der Waals surface area contributed by atoms with Gasteiger partial charge in [-0.15, -0.1) is 0 Å². The molecular formula is C17H26N4O. The number of amides is 1. The maximum absolute atomic E-state index is 12.0. The number of carbonyl (C=O) groups excluding carboxylic acids is 1. The van der Waals surface area contributed by atoms with Crippen LogP contribution in [0.3, 0.4) is 0 Å². The summed E-state index contributed by atoms with van der Waals surface area (Å²) in [4.78, 5) is 13.9. The number of hydrogen-bond donors (Lipinski definition) is 3. The molecule has 2 saturated heterocycles. The molecule has 2 unspecified atom stereocenters. The highest BCUT2D eigenvalue weighted by Gasteiger charge is 2.28. The topological polar surface area (TPSA) is 56.4 Å². The lowest BCUT2D eigenvalue weighted by Gasteiger charge is -2.30. The molecule has 0 saturated carbocycles. The van der Waals surface area contributed by atoms with Crippen LogP contribution < -0.4 is 16.2 Å². The van der Waals surface area contributed by atoms with Crippen LogP contribution in [-0.2, 0) is 4.79 Å². The molecule has 120 valence electrons. The van der Waals surface area contributed by atoms with E-state index in [1.54, 1.807) is 0 Å². The van der Waals surface area contributed by atoms with Crippen molar-refractivity contribution in [2.75, 3.05) is 26.7 Å². The fraction of sp³-hybridized carbons (Fsp3) is 0.588. The van der Waals surface area contributed by atoms with Gasteiger partial charge < -0.3 is 10.2 Å². The lowest BCUT2D eigenvalue weighted by molar-refractivity contribution is -0.135. The smallest absolute Gasteiger partial charge is 0.227 e. The number of nitrogens with zero attached hydrogens (tertiary/aromatic N) is 1. The standard InChI is InChI=1S/C17H26N4O/c1-21(17(22)14-11-18-12-14)9-5-8-15-10-16(20-19-15)13-6-3-2-4-7-13/h2-4,6-7,14-16,18-20H,5,8-12H2,1H3. The van der Waals surface area contributed by atoms with Gasteiger partial charge in [0.2, 0.25) is 5.91 Å². The van der Waals surface area contributed by atoms with Gasteiger partial charge in [0.25, 0.3) is 0 Å². The minimum Gasteiger partial charge on any atom is -0.345 e. The maximum atomic E-state index is 12.0. The van der Waals surface area contributed by atoms with Gasteiger partial charge >= 0.3 is 0 Å². The Hall–Kier alpha value is -1.43. The Balaban J connectivity index is 1.37. The summed E-state index contributed by atoms with van der Waals surface area (Å²) < 4.78 is 0. The van der Waals surface area contributed by atoms with Crippen LogP contribution in [0.4, 0.5) is 0 Å². The van der Waals surface area contributed by atoms with Gasteiger partial charge in [0.05, 0.1) is 5.92 Å². The van der Waals surface area contributed by atoms with Crippen LogP contribution in [-0.4, -0.2) is 43.5 Å². The summed E-state index contributed by atoms with van der Waals surface area (Å²) >= 11 is 0. The number of hydrazine groups is 1. The van der Waals surface area contributed by atoms with E-state index in [4.69, 9.17) is 0 Å². The minimum absolute atomic E-state index is 0.207. The number of nitrogens with one attached hydrogen (secondary N) is 3. The quantitative estimate of drug-likeness (QED) is 0.735. The first-order chi connectivity index (χ1) is 10.7. The van der Waals surface area contributed by atoms with E-state index in [9.17, 15) is 4.79 Å². The van der Waals surface area contributed by atoms with Crippen molar-refractivity contribution in [1.82, 2.24) is 21.1 Å². The molecule has 2 aliphatic rings. The van der Waals surface area contributed by atoms with Crippen molar-refractivity contribution in [3.63, 3.8) is 0 Å². The van der Waals surface area contributed by atoms with Crippen molar-refractivity contribution in [2.45, 2.75) is 31.3 Å². The lowest BCUT2D eigenvalue weighted by atomic mass is 9.99. The van der Waals surface area contributed by atoms with Crippen molar-refractivity contribution in [3.05, 3.63) is 35.9 Å². The zero-order valence-corrected chi connectivity index (χ0v) is 13.2. The van der Waals surface area contributed by atoms with Gasteiger partial charge in [-0.3, -0.25) is 15.6 Å². The average molecular weight is 302 g/mol. The summed E-state index contributed by atoms with van der Waals surface area (Å²) in [7, 11) is 1.92. The second kappa shape index (κ2) is 7.22. The van der Waals surface area contributed by atoms with E-state index in [1.807, 2.05) is 18.0 Å². The van der Waals surface area contributed by atoms with Crippen LogP contribution >= 0.6 is 0 Å². The number of carbonyl (C=O) groups is 1. The molecule has 0 aliphatic carbocycles. The largest absolute Gasteiger partial charge is 0.345 e. The lowest BCUT2D eigenvalue weighted by Crippen LogP contribution is -2.51. The van der Waals surface area contributed by atoms with Gasteiger partial charge in [-0.2, -0.15) is 0 Å². The van der Waals surface area contributed by atoms with Crippen LogP contribution in [0.5, 0.6) is 0 Å². The van der Waals surface area contributed by atoms with Gasteiger partial charge in [-0.1, -0.05) is 30.3 Å². The summed E-state index contributed by atoms with van der Waals surface area (Å²) in [6.07, 6.45) is 3.24. The fourth-order valence-electron chi connectivity index (χ4n) is 3.18. The molecule has 3 rings (SSSR count). The predicted octanol–water partition coefficient (Wildman–Crippen LogP) is 1.05. The van der Waals surface area contributed by atoms with Crippen LogP contribution in [0.15, 0.2) is 30.3 Å². The third kappa shape index (κ3) is 3.66. The molecule has 0 radical (unpaired) electrons. The third-order valence-electron chi connectivity index (χ3n) is 4.74. The molecular weight excluding hydrogens is 276 g/mol. The van der Waals surface area contributed by atoms with Crippen molar-refractivity contribution in [2.24, 2.45) is 5.92 Å². The fourth-order valence-corrected chi connectivity index (χ4v) is 3.18. The summed E-state index contributed by atoms with van der Waals surface area (Å²) in [5, 5.41) is 3.15. The van der Waals surface area contributed by atoms with E-state index < -0.39 is 0 Å². The van der Waals surface area contributed by atoms with Gasteiger partial charge in [-0.25, -0.2) is 0 Å². The first-order valence-corrected chi connectivity index (χ1v) is 8.25. The first kappa shape index (κ1) is 15.5. The Bertz CT molecular complexity index is 489. The summed E-state index contributed by atoms with van der Waals surface area (Å²) in [6, 6.07) is 11.4. The normalized spacial score (nSPS) is 25.0. The molecule has 5 heteroatoms. The van der Waals surface area contributed by atoms with Crippen LogP contribution in [0.1, 0.15) is 30.9 Å². The molecule has 22 heavy (non-hydrogen) atoms. The van der Waals surface area contributed by atoms with Gasteiger partial charge in [-0.05, 0) is 24.8 Å². The molecule has 5 nitrogen and oxygen atoms in total. The van der Waals surface area contributed by atoms with Crippen LogP contribution in [0.2, 0.25) is 0 Å². The Morgan fingerprint density at radius 1 is 1.23 bits per heavy atom. The van der Waals surface area contributed by atoms with Gasteiger partial charge in [0.15, 0.2) is 0 Å². The van der Waals surface area contributed by atoms with Crippen LogP contribution in [0.25, 0.3) is 0 Å². The first-order valence-electron chi connectivity index (χ1n) is 8.25. The Morgan fingerprint density at radius 3 is 2.68 bits per heavy atom. The highest BCUT2D eigenvalue weighted by molar-refractivity contribution is 5.79.